The fraction of sp³-hybridized carbons (Fsp3) is 0.280. The van der Waals surface area contributed by atoms with Crippen LogP contribution in [0.25, 0.3) is 11.3 Å². The lowest BCUT2D eigenvalue weighted by Crippen LogP contribution is -2.26. The summed E-state index contributed by atoms with van der Waals surface area (Å²) in [5, 5.41) is 11.3. The number of fused-ring (bicyclic) bond motifs is 1. The predicted octanol–water partition coefficient (Wildman–Crippen LogP) is 3.70. The number of nitrogens with one attached hydrogen (secondary N) is 1. The van der Waals surface area contributed by atoms with Crippen molar-refractivity contribution in [3.8, 4) is 5.69 Å². The van der Waals surface area contributed by atoms with Gasteiger partial charge in [-0.1, -0.05) is 36.4 Å². The van der Waals surface area contributed by atoms with Crippen molar-refractivity contribution in [1.82, 2.24) is 24.5 Å². The Labute approximate surface area is 186 Å². The molecule has 1 N–H and O–H groups in total. The van der Waals surface area contributed by atoms with Gasteiger partial charge in [0.25, 0.3) is 0 Å². The highest BCUT2D eigenvalue weighted by Crippen LogP contribution is 2.14. The van der Waals surface area contributed by atoms with Gasteiger partial charge in [-0.3, -0.25) is 18.6 Å². The Hall–Kier alpha value is -3.74. The molecule has 2 heterocycles. The summed E-state index contributed by atoms with van der Waals surface area (Å²) in [6, 6.07) is 15.7. The number of carbonyl (C=O) groups excluding carboxylic acids is 1. The van der Waals surface area contributed by atoms with Gasteiger partial charge in [0.1, 0.15) is 5.82 Å². The van der Waals surface area contributed by atoms with Crippen LogP contribution in [0, 0.1) is 13.8 Å². The van der Waals surface area contributed by atoms with Crippen LogP contribution in [0.2, 0.25) is 0 Å². The highest BCUT2D eigenvalue weighted by molar-refractivity contribution is 5.76. The van der Waals surface area contributed by atoms with Gasteiger partial charge in [-0.2, -0.15) is 0 Å². The average Bonchev–Trinajstić information content (AvgIpc) is 3.20. The van der Waals surface area contributed by atoms with E-state index in [2.05, 4.69) is 15.5 Å². The third kappa shape index (κ3) is 4.46. The van der Waals surface area contributed by atoms with Gasteiger partial charge in [0.2, 0.25) is 11.6 Å². The van der Waals surface area contributed by atoms with Crippen LogP contribution in [0.3, 0.4) is 0 Å². The highest BCUT2D eigenvalue weighted by Gasteiger charge is 2.13. The maximum absolute atomic E-state index is 13.0. The van der Waals surface area contributed by atoms with E-state index in [4.69, 9.17) is 0 Å². The van der Waals surface area contributed by atoms with E-state index in [0.717, 1.165) is 16.8 Å². The SMILES string of the molecule is Cc1ccc(-n2ccn3c(CCCC(=O)N[C@@H](C)c4ccccc4)nnc3c2=O)cc1C. The van der Waals surface area contributed by atoms with Gasteiger partial charge >= 0.3 is 5.56 Å². The molecule has 1 atom stereocenters. The van der Waals surface area contributed by atoms with E-state index in [-0.39, 0.29) is 23.2 Å². The minimum Gasteiger partial charge on any atom is -0.350 e. The molecule has 32 heavy (non-hydrogen) atoms. The minimum absolute atomic E-state index is 0.00716. The molecular formula is C25H27N5O2. The minimum atomic E-state index is -0.219. The van der Waals surface area contributed by atoms with E-state index in [1.165, 1.54) is 5.56 Å². The molecule has 0 aliphatic heterocycles. The van der Waals surface area contributed by atoms with Crippen molar-refractivity contribution in [1.29, 1.82) is 0 Å². The molecule has 0 fully saturated rings. The number of aromatic nitrogens is 4. The lowest BCUT2D eigenvalue weighted by molar-refractivity contribution is -0.121. The van der Waals surface area contributed by atoms with E-state index >= 15 is 0 Å². The Bertz CT molecular complexity index is 1310. The van der Waals surface area contributed by atoms with Gasteiger partial charge in [-0.05, 0) is 56.0 Å². The first-order valence-electron chi connectivity index (χ1n) is 10.8. The van der Waals surface area contributed by atoms with E-state index in [1.54, 1.807) is 21.4 Å². The zero-order valence-corrected chi connectivity index (χ0v) is 18.6. The second kappa shape index (κ2) is 9.18. The predicted molar refractivity (Wildman–Crippen MR) is 124 cm³/mol. The first-order chi connectivity index (χ1) is 15.4. The molecule has 4 aromatic rings. The van der Waals surface area contributed by atoms with Gasteiger partial charge in [0, 0.05) is 30.9 Å². The molecule has 0 saturated carbocycles. The average molecular weight is 430 g/mol. The molecule has 0 spiro atoms. The van der Waals surface area contributed by atoms with Crippen LogP contribution in [0.15, 0.2) is 65.7 Å². The molecule has 0 bridgehead atoms. The fourth-order valence-corrected chi connectivity index (χ4v) is 3.73. The van der Waals surface area contributed by atoms with Crippen LogP contribution in [0.1, 0.15) is 48.3 Å². The summed E-state index contributed by atoms with van der Waals surface area (Å²) in [7, 11) is 0. The largest absolute Gasteiger partial charge is 0.350 e. The van der Waals surface area contributed by atoms with Crippen molar-refractivity contribution in [2.75, 3.05) is 0 Å². The quantitative estimate of drug-likeness (QED) is 0.486. The Balaban J connectivity index is 1.42. The molecule has 7 nitrogen and oxygen atoms in total. The number of hydrogen-bond donors (Lipinski definition) is 1. The Kier molecular flexibility index (Phi) is 6.16. The van der Waals surface area contributed by atoms with Crippen LogP contribution in [0.4, 0.5) is 0 Å². The second-order valence-electron chi connectivity index (χ2n) is 8.11. The standard InChI is InChI=1S/C25H27N5O2/c1-17-12-13-21(16-18(17)2)29-14-15-30-22(27-28-24(30)25(29)32)10-7-11-23(31)26-19(3)20-8-5-4-6-9-20/h4-6,8-9,12-16,19H,7,10-11H2,1-3H3,(H,26,31)/t19-/m0/s1. The topological polar surface area (TPSA) is 81.3 Å². The zero-order chi connectivity index (χ0) is 22.7. The van der Waals surface area contributed by atoms with Crippen molar-refractivity contribution in [2.45, 2.75) is 46.1 Å². The summed E-state index contributed by atoms with van der Waals surface area (Å²) in [4.78, 5) is 25.3. The number of aryl methyl sites for hydroxylation is 3. The third-order valence-corrected chi connectivity index (χ3v) is 5.79. The molecule has 1 amide bonds. The van der Waals surface area contributed by atoms with Crippen molar-refractivity contribution in [2.24, 2.45) is 0 Å². The number of amides is 1. The molecule has 164 valence electrons. The first-order valence-corrected chi connectivity index (χ1v) is 10.8. The number of benzene rings is 2. The van der Waals surface area contributed by atoms with E-state index < -0.39 is 0 Å². The van der Waals surface area contributed by atoms with Crippen molar-refractivity contribution < 1.29 is 4.79 Å². The van der Waals surface area contributed by atoms with Crippen LogP contribution >= 0.6 is 0 Å². The van der Waals surface area contributed by atoms with Crippen LogP contribution in [-0.2, 0) is 11.2 Å². The molecule has 0 unspecified atom stereocenters. The van der Waals surface area contributed by atoms with Gasteiger partial charge in [0.05, 0.1) is 6.04 Å². The maximum atomic E-state index is 13.0. The van der Waals surface area contributed by atoms with Crippen molar-refractivity contribution in [3.63, 3.8) is 0 Å². The van der Waals surface area contributed by atoms with E-state index in [1.807, 2.05) is 69.3 Å². The van der Waals surface area contributed by atoms with Crippen molar-refractivity contribution in [3.05, 3.63) is 93.8 Å². The molecule has 7 heteroatoms. The summed E-state index contributed by atoms with van der Waals surface area (Å²) in [6.07, 6.45) is 5.10. The molecule has 0 aliphatic carbocycles. The fourth-order valence-electron chi connectivity index (χ4n) is 3.73. The second-order valence-corrected chi connectivity index (χ2v) is 8.11. The van der Waals surface area contributed by atoms with Gasteiger partial charge < -0.3 is 5.32 Å². The lowest BCUT2D eigenvalue weighted by atomic mass is 10.1. The highest BCUT2D eigenvalue weighted by atomic mass is 16.1. The zero-order valence-electron chi connectivity index (χ0n) is 18.6. The number of hydrogen-bond acceptors (Lipinski definition) is 4. The Morgan fingerprint density at radius 3 is 2.56 bits per heavy atom. The normalized spacial score (nSPS) is 12.1. The summed E-state index contributed by atoms with van der Waals surface area (Å²) in [5.41, 5.74) is 4.23. The van der Waals surface area contributed by atoms with Gasteiger partial charge in [0.15, 0.2) is 0 Å². The van der Waals surface area contributed by atoms with Crippen LogP contribution < -0.4 is 10.9 Å². The Morgan fingerprint density at radius 1 is 1.03 bits per heavy atom. The van der Waals surface area contributed by atoms with E-state index in [0.29, 0.717) is 25.1 Å². The molecule has 2 aromatic heterocycles. The lowest BCUT2D eigenvalue weighted by Gasteiger charge is -2.14. The molecule has 4 rings (SSSR count). The number of carbonyl (C=O) groups is 1. The summed E-state index contributed by atoms with van der Waals surface area (Å²) < 4.78 is 3.29. The van der Waals surface area contributed by atoms with E-state index in [9.17, 15) is 9.59 Å². The first kappa shape index (κ1) is 21.5. The Morgan fingerprint density at radius 2 is 1.81 bits per heavy atom. The van der Waals surface area contributed by atoms with Crippen LogP contribution in [0.5, 0.6) is 0 Å². The van der Waals surface area contributed by atoms with Gasteiger partial charge in [-0.15, -0.1) is 10.2 Å². The molecule has 0 aliphatic rings. The number of rotatable bonds is 7. The number of nitrogens with zero attached hydrogens (tertiary/aromatic N) is 4. The summed E-state index contributed by atoms with van der Waals surface area (Å²) >= 11 is 0. The molecule has 2 aromatic carbocycles. The molecular weight excluding hydrogens is 402 g/mol. The maximum Gasteiger partial charge on any atom is 0.300 e. The monoisotopic (exact) mass is 429 g/mol. The molecule has 0 radical (unpaired) electrons. The van der Waals surface area contributed by atoms with Crippen LogP contribution in [-0.4, -0.2) is 25.1 Å². The molecule has 0 saturated heterocycles. The summed E-state index contributed by atoms with van der Waals surface area (Å²) in [5.74, 6) is 0.667. The third-order valence-electron chi connectivity index (χ3n) is 5.79. The van der Waals surface area contributed by atoms with Gasteiger partial charge in [-0.25, -0.2) is 0 Å². The smallest absolute Gasteiger partial charge is 0.300 e. The summed E-state index contributed by atoms with van der Waals surface area (Å²) in [6.45, 7) is 6.03. The van der Waals surface area contributed by atoms with Crippen molar-refractivity contribution >= 4 is 11.6 Å².